The molecule has 0 aliphatic rings. The van der Waals surface area contributed by atoms with Gasteiger partial charge < -0.3 is 9.84 Å². The molecule has 0 aliphatic carbocycles. The average molecular weight is 307 g/mol. The molecule has 0 amide bonds. The Morgan fingerprint density at radius 2 is 1.81 bits per heavy atom. The van der Waals surface area contributed by atoms with Gasteiger partial charge in [0.1, 0.15) is 5.75 Å². The molecule has 2 aromatic rings. The molecule has 0 aromatic heterocycles. The molecule has 2 N–H and O–H groups in total. The molecule has 21 heavy (non-hydrogen) atoms. The van der Waals surface area contributed by atoms with E-state index in [-0.39, 0.29) is 11.5 Å². The number of hydrogen-bond donors (Lipinski definition) is 2. The van der Waals surface area contributed by atoms with Crippen molar-refractivity contribution in [1.82, 2.24) is 0 Å². The first-order valence-corrected chi connectivity index (χ1v) is 7.82. The second-order valence-corrected chi connectivity index (χ2v) is 6.27. The maximum Gasteiger partial charge on any atom is 0.261 e. The number of hydrogen-bond acceptors (Lipinski definition) is 4. The zero-order valence-electron chi connectivity index (χ0n) is 11.8. The maximum absolute atomic E-state index is 12.3. The number of aliphatic hydroxyl groups is 1. The smallest absolute Gasteiger partial charge is 0.261 e. The third kappa shape index (κ3) is 3.53. The Hall–Kier alpha value is -2.05. The first kappa shape index (κ1) is 15.3. The molecule has 6 heteroatoms. The van der Waals surface area contributed by atoms with Crippen molar-refractivity contribution in [1.29, 1.82) is 0 Å². The average Bonchev–Trinajstić information content (AvgIpc) is 2.47. The van der Waals surface area contributed by atoms with Gasteiger partial charge in [-0.15, -0.1) is 0 Å². The summed E-state index contributed by atoms with van der Waals surface area (Å²) in [4.78, 5) is 0.173. The highest BCUT2D eigenvalue weighted by Crippen LogP contribution is 2.23. The van der Waals surface area contributed by atoms with Gasteiger partial charge in [-0.25, -0.2) is 8.42 Å². The fraction of sp³-hybridized carbons (Fsp3) is 0.200. The summed E-state index contributed by atoms with van der Waals surface area (Å²) in [5.41, 5.74) is 1.91. The van der Waals surface area contributed by atoms with Gasteiger partial charge in [0.2, 0.25) is 0 Å². The number of methoxy groups -OCH3 is 1. The summed E-state index contributed by atoms with van der Waals surface area (Å²) in [6.07, 6.45) is 0. The molecule has 0 atom stereocenters. The zero-order valence-corrected chi connectivity index (χ0v) is 12.6. The molecular formula is C15H17NO4S. The van der Waals surface area contributed by atoms with Gasteiger partial charge in [0, 0.05) is 5.69 Å². The van der Waals surface area contributed by atoms with Crippen LogP contribution >= 0.6 is 0 Å². The molecule has 0 fully saturated rings. The summed E-state index contributed by atoms with van der Waals surface area (Å²) in [6, 6.07) is 11.2. The van der Waals surface area contributed by atoms with E-state index in [0.717, 1.165) is 11.1 Å². The van der Waals surface area contributed by atoms with Crippen molar-refractivity contribution in [2.24, 2.45) is 0 Å². The van der Waals surface area contributed by atoms with E-state index in [2.05, 4.69) is 4.72 Å². The summed E-state index contributed by atoms with van der Waals surface area (Å²) in [6.45, 7) is 1.71. The molecule has 5 nitrogen and oxygen atoms in total. The predicted molar refractivity (Wildman–Crippen MR) is 80.9 cm³/mol. The summed E-state index contributed by atoms with van der Waals surface area (Å²) < 4.78 is 32.2. The minimum absolute atomic E-state index is 0.0787. The van der Waals surface area contributed by atoms with Crippen molar-refractivity contribution in [3.05, 3.63) is 53.6 Å². The van der Waals surface area contributed by atoms with Gasteiger partial charge in [0.25, 0.3) is 10.0 Å². The fourth-order valence-electron chi connectivity index (χ4n) is 1.91. The topological polar surface area (TPSA) is 75.6 Å². The third-order valence-corrected chi connectivity index (χ3v) is 4.44. The highest BCUT2D eigenvalue weighted by molar-refractivity contribution is 7.92. The standard InChI is InChI=1S/C15H17NO4S/c1-11-9-14(7-8-15(11)20-2)21(18,19)16-13-5-3-12(10-17)4-6-13/h3-9,16-17H,10H2,1-2H3. The number of sulfonamides is 1. The van der Waals surface area contributed by atoms with Crippen molar-refractivity contribution < 1.29 is 18.3 Å². The monoisotopic (exact) mass is 307 g/mol. The number of anilines is 1. The van der Waals surface area contributed by atoms with E-state index in [0.29, 0.717) is 11.4 Å². The lowest BCUT2D eigenvalue weighted by atomic mass is 10.2. The van der Waals surface area contributed by atoms with Crippen LogP contribution in [0.2, 0.25) is 0 Å². The molecule has 0 saturated carbocycles. The van der Waals surface area contributed by atoms with Crippen LogP contribution in [0.25, 0.3) is 0 Å². The first-order valence-electron chi connectivity index (χ1n) is 6.33. The molecule has 2 rings (SSSR count). The van der Waals surface area contributed by atoms with Crippen LogP contribution in [0.3, 0.4) is 0 Å². The second kappa shape index (κ2) is 6.15. The predicted octanol–water partition coefficient (Wildman–Crippen LogP) is 2.30. The van der Waals surface area contributed by atoms with E-state index >= 15 is 0 Å². The number of rotatable bonds is 5. The normalized spacial score (nSPS) is 11.2. The maximum atomic E-state index is 12.3. The van der Waals surface area contributed by atoms with E-state index in [4.69, 9.17) is 9.84 Å². The molecule has 0 heterocycles. The van der Waals surface area contributed by atoms with Gasteiger partial charge in [0.15, 0.2) is 0 Å². The van der Waals surface area contributed by atoms with Gasteiger partial charge in [-0.2, -0.15) is 0 Å². The van der Waals surface area contributed by atoms with E-state index in [9.17, 15) is 8.42 Å². The quantitative estimate of drug-likeness (QED) is 0.888. The molecule has 0 radical (unpaired) electrons. The van der Waals surface area contributed by atoms with Gasteiger partial charge >= 0.3 is 0 Å². The lowest BCUT2D eigenvalue weighted by Crippen LogP contribution is -2.13. The Morgan fingerprint density at radius 3 is 2.33 bits per heavy atom. The highest BCUT2D eigenvalue weighted by Gasteiger charge is 2.15. The van der Waals surface area contributed by atoms with Crippen molar-refractivity contribution in [2.75, 3.05) is 11.8 Å². The molecule has 0 aliphatic heterocycles. The first-order chi connectivity index (χ1) is 9.96. The Bertz CT molecular complexity index is 724. The van der Waals surface area contributed by atoms with E-state index in [1.54, 1.807) is 43.3 Å². The molecule has 0 unspecified atom stereocenters. The van der Waals surface area contributed by atoms with Gasteiger partial charge in [-0.3, -0.25) is 4.72 Å². The van der Waals surface area contributed by atoms with Crippen molar-refractivity contribution in [3.63, 3.8) is 0 Å². The largest absolute Gasteiger partial charge is 0.496 e. The van der Waals surface area contributed by atoms with E-state index < -0.39 is 10.0 Å². The second-order valence-electron chi connectivity index (χ2n) is 4.59. The van der Waals surface area contributed by atoms with Gasteiger partial charge in [-0.1, -0.05) is 12.1 Å². The number of aryl methyl sites for hydroxylation is 1. The molecule has 2 aromatic carbocycles. The Morgan fingerprint density at radius 1 is 1.14 bits per heavy atom. The lowest BCUT2D eigenvalue weighted by molar-refractivity contribution is 0.282. The molecule has 0 saturated heterocycles. The number of aliphatic hydroxyl groups excluding tert-OH is 1. The summed E-state index contributed by atoms with van der Waals surface area (Å²) in [7, 11) is -2.11. The SMILES string of the molecule is COc1ccc(S(=O)(=O)Nc2ccc(CO)cc2)cc1C. The zero-order chi connectivity index (χ0) is 15.5. The lowest BCUT2D eigenvalue weighted by Gasteiger charge is -2.11. The van der Waals surface area contributed by atoms with Crippen LogP contribution in [0.15, 0.2) is 47.4 Å². The Labute approximate surface area is 124 Å². The van der Waals surface area contributed by atoms with Crippen LogP contribution in [-0.2, 0) is 16.6 Å². The third-order valence-electron chi connectivity index (χ3n) is 3.07. The molecular weight excluding hydrogens is 290 g/mol. The summed E-state index contributed by atoms with van der Waals surface area (Å²) >= 11 is 0. The molecule has 112 valence electrons. The van der Waals surface area contributed by atoms with Crippen LogP contribution in [0.5, 0.6) is 5.75 Å². The fourth-order valence-corrected chi connectivity index (χ4v) is 3.05. The van der Waals surface area contributed by atoms with E-state index in [1.807, 2.05) is 0 Å². The Balaban J connectivity index is 2.26. The van der Waals surface area contributed by atoms with Crippen molar-refractivity contribution in [3.8, 4) is 5.75 Å². The highest BCUT2D eigenvalue weighted by atomic mass is 32.2. The van der Waals surface area contributed by atoms with Crippen LogP contribution in [-0.4, -0.2) is 20.6 Å². The van der Waals surface area contributed by atoms with Crippen molar-refractivity contribution in [2.45, 2.75) is 18.4 Å². The van der Waals surface area contributed by atoms with Crippen LogP contribution in [0, 0.1) is 6.92 Å². The minimum atomic E-state index is -3.65. The minimum Gasteiger partial charge on any atom is -0.496 e. The molecule has 0 bridgehead atoms. The van der Waals surface area contributed by atoms with E-state index in [1.165, 1.54) is 13.2 Å². The number of nitrogens with one attached hydrogen (secondary N) is 1. The van der Waals surface area contributed by atoms with Crippen molar-refractivity contribution >= 4 is 15.7 Å². The summed E-state index contributed by atoms with van der Waals surface area (Å²) in [5.74, 6) is 0.640. The summed E-state index contributed by atoms with van der Waals surface area (Å²) in [5, 5.41) is 8.97. The number of benzene rings is 2. The van der Waals surface area contributed by atoms with Gasteiger partial charge in [0.05, 0.1) is 18.6 Å². The van der Waals surface area contributed by atoms with Crippen LogP contribution < -0.4 is 9.46 Å². The number of ether oxygens (including phenoxy) is 1. The van der Waals surface area contributed by atoms with Gasteiger partial charge in [-0.05, 0) is 48.4 Å². The molecule has 0 spiro atoms. The Kier molecular flexibility index (Phi) is 4.50. The van der Waals surface area contributed by atoms with Crippen LogP contribution in [0.4, 0.5) is 5.69 Å². The van der Waals surface area contributed by atoms with Crippen LogP contribution in [0.1, 0.15) is 11.1 Å².